The van der Waals surface area contributed by atoms with E-state index >= 15 is 0 Å². The first-order valence-corrected chi connectivity index (χ1v) is 8.11. The third kappa shape index (κ3) is 3.55. The number of aryl methyl sites for hydroxylation is 4. The monoisotopic (exact) mass is 330 g/mol. The van der Waals surface area contributed by atoms with E-state index < -0.39 is 0 Å². The van der Waals surface area contributed by atoms with Gasteiger partial charge >= 0.3 is 6.01 Å². The summed E-state index contributed by atoms with van der Waals surface area (Å²) in [6.07, 6.45) is 1.03. The van der Waals surface area contributed by atoms with Crippen LogP contribution in [0.5, 0.6) is 6.01 Å². The van der Waals surface area contributed by atoms with Gasteiger partial charge in [0.2, 0.25) is 5.91 Å². The molecule has 0 saturated carbocycles. The first kappa shape index (κ1) is 16.4. The number of hydrogen-bond acceptors (Lipinski definition) is 6. The Morgan fingerprint density at radius 3 is 2.62 bits per heavy atom. The van der Waals surface area contributed by atoms with Gasteiger partial charge in [0.25, 0.3) is 0 Å². The molecule has 1 aliphatic heterocycles. The van der Waals surface area contributed by atoms with Crippen molar-refractivity contribution in [3.8, 4) is 6.01 Å². The molecule has 7 nitrogen and oxygen atoms in total. The molecule has 3 heterocycles. The second-order valence-corrected chi connectivity index (χ2v) is 6.28. The first-order chi connectivity index (χ1) is 11.4. The van der Waals surface area contributed by atoms with Crippen molar-refractivity contribution in [3.63, 3.8) is 0 Å². The summed E-state index contributed by atoms with van der Waals surface area (Å²) in [5.74, 6) is 0.772. The van der Waals surface area contributed by atoms with Crippen LogP contribution in [-0.2, 0) is 11.2 Å². The second kappa shape index (κ2) is 6.59. The number of aromatic nitrogens is 3. The summed E-state index contributed by atoms with van der Waals surface area (Å²) in [5.41, 5.74) is 3.40. The molecule has 2 aromatic heterocycles. The number of carbonyl (C=O) groups excluding carboxylic acids is 1. The van der Waals surface area contributed by atoms with Gasteiger partial charge in [-0.05, 0) is 33.8 Å². The van der Waals surface area contributed by atoms with E-state index in [4.69, 9.17) is 9.26 Å². The molecule has 0 aliphatic carbocycles. The molecule has 1 amide bonds. The van der Waals surface area contributed by atoms with E-state index in [-0.39, 0.29) is 12.0 Å². The van der Waals surface area contributed by atoms with E-state index in [0.29, 0.717) is 31.3 Å². The summed E-state index contributed by atoms with van der Waals surface area (Å²) in [6, 6.07) is 2.29. The molecule has 24 heavy (non-hydrogen) atoms. The molecule has 1 unspecified atom stereocenters. The number of nitrogens with zero attached hydrogens (tertiary/aromatic N) is 4. The quantitative estimate of drug-likeness (QED) is 0.852. The lowest BCUT2D eigenvalue weighted by atomic mass is 10.1. The van der Waals surface area contributed by atoms with Crippen LogP contribution in [0.1, 0.15) is 34.8 Å². The molecule has 1 aliphatic rings. The van der Waals surface area contributed by atoms with Crippen molar-refractivity contribution in [2.75, 3.05) is 13.1 Å². The fraction of sp³-hybridized carbons (Fsp3) is 0.529. The van der Waals surface area contributed by atoms with Gasteiger partial charge in [-0.2, -0.15) is 0 Å². The third-order valence-electron chi connectivity index (χ3n) is 4.24. The van der Waals surface area contributed by atoms with E-state index in [0.717, 1.165) is 29.1 Å². The fourth-order valence-corrected chi connectivity index (χ4v) is 2.96. The van der Waals surface area contributed by atoms with Gasteiger partial charge in [-0.3, -0.25) is 4.79 Å². The average molecular weight is 330 g/mol. The Kier molecular flexibility index (Phi) is 4.51. The zero-order valence-corrected chi connectivity index (χ0v) is 14.5. The van der Waals surface area contributed by atoms with Gasteiger partial charge in [-0.25, -0.2) is 9.97 Å². The van der Waals surface area contributed by atoms with Crippen molar-refractivity contribution in [1.29, 1.82) is 0 Å². The molecule has 0 bridgehead atoms. The lowest BCUT2D eigenvalue weighted by Gasteiger charge is -2.17. The van der Waals surface area contributed by atoms with Crippen LogP contribution in [-0.4, -0.2) is 45.1 Å². The number of amides is 1. The Labute approximate surface area is 141 Å². The summed E-state index contributed by atoms with van der Waals surface area (Å²) in [5, 5.41) is 3.90. The maximum absolute atomic E-state index is 12.5. The minimum absolute atomic E-state index is 0.0665. The lowest BCUT2D eigenvalue weighted by Crippen LogP contribution is -2.32. The number of hydrogen-bond donors (Lipinski definition) is 0. The van der Waals surface area contributed by atoms with E-state index in [1.54, 1.807) is 0 Å². The number of ether oxygens (including phenoxy) is 1. The van der Waals surface area contributed by atoms with E-state index in [9.17, 15) is 4.79 Å². The molecular weight excluding hydrogens is 308 g/mol. The SMILES string of the molecule is Cc1cc(C)nc(OC2CCN(C(=O)Cc3c(C)noc3C)C2)n1. The van der Waals surface area contributed by atoms with Crippen molar-refractivity contribution >= 4 is 5.91 Å². The molecular formula is C17H22N4O3. The predicted molar refractivity (Wildman–Crippen MR) is 86.8 cm³/mol. The first-order valence-electron chi connectivity index (χ1n) is 8.11. The third-order valence-corrected chi connectivity index (χ3v) is 4.24. The Bertz CT molecular complexity index is 717. The Morgan fingerprint density at radius 2 is 2.00 bits per heavy atom. The summed E-state index contributed by atoms with van der Waals surface area (Å²) < 4.78 is 11.0. The summed E-state index contributed by atoms with van der Waals surface area (Å²) in [4.78, 5) is 22.9. The molecule has 0 radical (unpaired) electrons. The Balaban J connectivity index is 1.59. The molecule has 3 rings (SSSR count). The average Bonchev–Trinajstić information content (AvgIpc) is 3.08. The zero-order valence-electron chi connectivity index (χ0n) is 14.5. The van der Waals surface area contributed by atoms with Crippen molar-refractivity contribution in [2.24, 2.45) is 0 Å². The van der Waals surface area contributed by atoms with Crippen LogP contribution in [0.4, 0.5) is 0 Å². The second-order valence-electron chi connectivity index (χ2n) is 6.28. The highest BCUT2D eigenvalue weighted by molar-refractivity contribution is 5.79. The largest absolute Gasteiger partial charge is 0.458 e. The Morgan fingerprint density at radius 1 is 1.29 bits per heavy atom. The predicted octanol–water partition coefficient (Wildman–Crippen LogP) is 1.92. The fourth-order valence-electron chi connectivity index (χ4n) is 2.96. The highest BCUT2D eigenvalue weighted by Crippen LogP contribution is 2.19. The van der Waals surface area contributed by atoms with Gasteiger partial charge in [-0.15, -0.1) is 0 Å². The molecule has 0 N–H and O–H groups in total. The van der Waals surface area contributed by atoms with Gasteiger partial charge in [0.15, 0.2) is 0 Å². The molecule has 0 spiro atoms. The number of rotatable bonds is 4. The van der Waals surface area contributed by atoms with Gasteiger partial charge in [0.1, 0.15) is 11.9 Å². The van der Waals surface area contributed by atoms with Gasteiger partial charge in [0, 0.05) is 29.9 Å². The topological polar surface area (TPSA) is 81.4 Å². The summed E-state index contributed by atoms with van der Waals surface area (Å²) in [7, 11) is 0. The van der Waals surface area contributed by atoms with Crippen LogP contribution in [0, 0.1) is 27.7 Å². The normalized spacial score (nSPS) is 17.3. The van der Waals surface area contributed by atoms with Crippen LogP contribution in [0.15, 0.2) is 10.6 Å². The van der Waals surface area contributed by atoms with Crippen LogP contribution in [0.2, 0.25) is 0 Å². The zero-order chi connectivity index (χ0) is 17.3. The van der Waals surface area contributed by atoms with Crippen molar-refractivity contribution in [2.45, 2.75) is 46.6 Å². The highest BCUT2D eigenvalue weighted by atomic mass is 16.5. The van der Waals surface area contributed by atoms with Gasteiger partial charge in [-0.1, -0.05) is 5.16 Å². The van der Waals surface area contributed by atoms with Crippen LogP contribution in [0.25, 0.3) is 0 Å². The smallest absolute Gasteiger partial charge is 0.317 e. The van der Waals surface area contributed by atoms with E-state index in [2.05, 4.69) is 15.1 Å². The molecule has 2 aromatic rings. The molecule has 1 atom stereocenters. The van der Waals surface area contributed by atoms with Gasteiger partial charge in [0.05, 0.1) is 18.7 Å². The number of likely N-dealkylation sites (tertiary alicyclic amines) is 1. The minimum atomic E-state index is -0.0696. The van der Waals surface area contributed by atoms with Gasteiger partial charge < -0.3 is 14.2 Å². The van der Waals surface area contributed by atoms with Crippen molar-refractivity contribution in [3.05, 3.63) is 34.5 Å². The maximum atomic E-state index is 12.5. The summed E-state index contributed by atoms with van der Waals surface area (Å²) in [6.45, 7) is 8.74. The van der Waals surface area contributed by atoms with E-state index in [1.807, 2.05) is 38.7 Å². The van der Waals surface area contributed by atoms with E-state index in [1.165, 1.54) is 0 Å². The molecule has 128 valence electrons. The van der Waals surface area contributed by atoms with Crippen LogP contribution >= 0.6 is 0 Å². The standard InChI is InChI=1S/C17H22N4O3/c1-10-7-11(2)19-17(18-10)23-14-5-6-21(9-14)16(22)8-15-12(3)20-24-13(15)4/h7,14H,5-6,8-9H2,1-4H3. The molecule has 1 saturated heterocycles. The van der Waals surface area contributed by atoms with Crippen molar-refractivity contribution < 1.29 is 14.1 Å². The lowest BCUT2D eigenvalue weighted by molar-refractivity contribution is -0.129. The minimum Gasteiger partial charge on any atom is -0.458 e. The molecule has 7 heteroatoms. The Hall–Kier alpha value is -2.44. The van der Waals surface area contributed by atoms with Crippen LogP contribution in [0.3, 0.4) is 0 Å². The summed E-state index contributed by atoms with van der Waals surface area (Å²) >= 11 is 0. The van der Waals surface area contributed by atoms with Crippen LogP contribution < -0.4 is 4.74 Å². The molecule has 0 aromatic carbocycles. The molecule has 1 fully saturated rings. The highest BCUT2D eigenvalue weighted by Gasteiger charge is 2.29. The number of carbonyl (C=O) groups is 1. The van der Waals surface area contributed by atoms with Crippen molar-refractivity contribution in [1.82, 2.24) is 20.0 Å². The maximum Gasteiger partial charge on any atom is 0.317 e.